The number of carbonyl (C=O) groups excluding carboxylic acids is 1. The van der Waals surface area contributed by atoms with Crippen molar-refractivity contribution in [3.63, 3.8) is 0 Å². The van der Waals surface area contributed by atoms with Crippen LogP contribution in [0, 0.1) is 10.1 Å². The average molecular weight is 452 g/mol. The fraction of sp³-hybridized carbons (Fsp3) is 0.278. The van der Waals surface area contributed by atoms with Crippen LogP contribution in [0.25, 0.3) is 0 Å². The van der Waals surface area contributed by atoms with Crippen LogP contribution in [-0.4, -0.2) is 28.1 Å². The van der Waals surface area contributed by atoms with Gasteiger partial charge in [-0.3, -0.25) is 14.9 Å². The first-order valence-electron chi connectivity index (χ1n) is 8.31. The van der Waals surface area contributed by atoms with E-state index in [1.165, 1.54) is 6.07 Å². The highest BCUT2D eigenvalue weighted by Crippen LogP contribution is 2.38. The lowest BCUT2D eigenvalue weighted by Gasteiger charge is -2.24. The van der Waals surface area contributed by atoms with E-state index in [1.54, 1.807) is 0 Å². The zero-order chi connectivity index (χ0) is 23.6. The number of rotatable bonds is 6. The number of carbonyl (C=O) groups is 1. The van der Waals surface area contributed by atoms with Crippen molar-refractivity contribution < 1.29 is 45.9 Å². The summed E-state index contributed by atoms with van der Waals surface area (Å²) in [4.78, 5) is 21.7. The maximum Gasteiger partial charge on any atom is 0.423 e. The average Bonchev–Trinajstić information content (AvgIpc) is 2.65. The number of anilines is 1. The number of benzene rings is 2. The van der Waals surface area contributed by atoms with E-state index in [-0.39, 0.29) is 0 Å². The number of para-hydroxylation sites is 1. The molecule has 1 amide bonds. The highest BCUT2D eigenvalue weighted by atomic mass is 19.4. The number of aliphatic hydroxyl groups is 1. The Morgan fingerprint density at radius 3 is 2.19 bits per heavy atom. The van der Waals surface area contributed by atoms with Gasteiger partial charge in [0, 0.05) is 11.8 Å². The van der Waals surface area contributed by atoms with Gasteiger partial charge < -0.3 is 15.2 Å². The molecule has 2 N–H and O–H groups in total. The number of amides is 1. The van der Waals surface area contributed by atoms with Gasteiger partial charge in [-0.2, -0.15) is 26.3 Å². The molecule has 2 rings (SSSR count). The van der Waals surface area contributed by atoms with Gasteiger partial charge in [-0.25, -0.2) is 0 Å². The summed E-state index contributed by atoms with van der Waals surface area (Å²) in [7, 11) is 0. The molecule has 0 aromatic heterocycles. The Morgan fingerprint density at radius 1 is 1.06 bits per heavy atom. The minimum atomic E-state index is -5.10. The summed E-state index contributed by atoms with van der Waals surface area (Å²) in [5, 5.41) is 22.9. The second kappa shape index (κ2) is 8.41. The van der Waals surface area contributed by atoms with Crippen molar-refractivity contribution in [3.8, 4) is 5.75 Å². The minimum Gasteiger partial charge on any atom is -0.489 e. The van der Waals surface area contributed by atoms with Crippen LogP contribution in [0.2, 0.25) is 0 Å². The van der Waals surface area contributed by atoms with Crippen molar-refractivity contribution in [3.05, 3.63) is 63.7 Å². The number of nitrogens with zero attached hydrogens (tertiary/aromatic N) is 1. The van der Waals surface area contributed by atoms with E-state index in [4.69, 9.17) is 4.74 Å². The van der Waals surface area contributed by atoms with E-state index in [1.807, 2.05) is 5.32 Å². The zero-order valence-corrected chi connectivity index (χ0v) is 15.5. The number of hydrogen-bond acceptors (Lipinski definition) is 5. The first-order chi connectivity index (χ1) is 14.1. The molecule has 1 unspecified atom stereocenters. The largest absolute Gasteiger partial charge is 0.489 e. The molecule has 13 heteroatoms. The normalized spacial score (nSPS) is 13.9. The van der Waals surface area contributed by atoms with E-state index in [9.17, 15) is 46.4 Å². The number of nitrogens with one attached hydrogen (secondary N) is 1. The molecule has 7 nitrogen and oxygen atoms in total. The van der Waals surface area contributed by atoms with Crippen molar-refractivity contribution in [2.24, 2.45) is 0 Å². The molecular weight excluding hydrogens is 438 g/mol. The third-order valence-corrected chi connectivity index (χ3v) is 3.95. The Kier molecular flexibility index (Phi) is 6.49. The van der Waals surface area contributed by atoms with E-state index in [0.29, 0.717) is 12.1 Å². The molecule has 0 saturated heterocycles. The predicted octanol–water partition coefficient (Wildman–Crippen LogP) is 4.40. The quantitative estimate of drug-likeness (QED) is 0.384. The molecule has 0 bridgehead atoms. The number of nitro groups is 1. The van der Waals surface area contributed by atoms with Crippen molar-refractivity contribution >= 4 is 17.3 Å². The molecule has 0 aliphatic carbocycles. The highest BCUT2D eigenvalue weighted by molar-refractivity contribution is 5.97. The lowest BCUT2D eigenvalue weighted by atomic mass is 10.1. The van der Waals surface area contributed by atoms with E-state index < -0.39 is 63.6 Å². The second-order valence-electron chi connectivity index (χ2n) is 6.50. The Labute approximate surface area is 170 Å². The van der Waals surface area contributed by atoms with Gasteiger partial charge in [0.25, 0.3) is 11.6 Å². The van der Waals surface area contributed by atoms with Gasteiger partial charge in [0.05, 0.1) is 10.5 Å². The molecule has 1 atom stereocenters. The smallest absolute Gasteiger partial charge is 0.423 e. The molecule has 31 heavy (non-hydrogen) atoms. The summed E-state index contributed by atoms with van der Waals surface area (Å²) < 4.78 is 82.9. The molecule has 0 saturated carbocycles. The topological polar surface area (TPSA) is 102 Å². The molecule has 0 radical (unpaired) electrons. The number of ether oxygens (including phenoxy) is 1. The predicted molar refractivity (Wildman–Crippen MR) is 94.3 cm³/mol. The van der Waals surface area contributed by atoms with Crippen LogP contribution >= 0.6 is 0 Å². The van der Waals surface area contributed by atoms with Crippen LogP contribution in [0.3, 0.4) is 0 Å². The standard InChI is InChI=1S/C18H14F6N2O5/c1-16(28,9-31-14-5-3-2-4-11(14)17(19,20)21)15(27)25-10-6-7-13(26(29)30)12(8-10)18(22,23)24/h2-8,28H,9H2,1H3,(H,25,27). The van der Waals surface area contributed by atoms with Gasteiger partial charge >= 0.3 is 12.4 Å². The summed E-state index contributed by atoms with van der Waals surface area (Å²) >= 11 is 0. The molecule has 0 spiro atoms. The first kappa shape index (κ1) is 23.9. The lowest BCUT2D eigenvalue weighted by molar-refractivity contribution is -0.388. The molecule has 0 heterocycles. The van der Waals surface area contributed by atoms with Crippen molar-refractivity contribution in [1.82, 2.24) is 0 Å². The van der Waals surface area contributed by atoms with Crippen LogP contribution < -0.4 is 10.1 Å². The summed E-state index contributed by atoms with van der Waals surface area (Å²) in [5.74, 6) is -1.98. The monoisotopic (exact) mass is 452 g/mol. The Bertz CT molecular complexity index is 988. The van der Waals surface area contributed by atoms with Gasteiger partial charge in [0.1, 0.15) is 17.9 Å². The van der Waals surface area contributed by atoms with E-state index >= 15 is 0 Å². The maximum absolute atomic E-state index is 13.0. The summed E-state index contributed by atoms with van der Waals surface area (Å²) in [6.07, 6.45) is -9.87. The van der Waals surface area contributed by atoms with Crippen LogP contribution in [0.4, 0.5) is 37.7 Å². The van der Waals surface area contributed by atoms with Gasteiger partial charge in [0.15, 0.2) is 5.60 Å². The molecule has 2 aromatic rings. The van der Waals surface area contributed by atoms with Crippen LogP contribution in [0.5, 0.6) is 5.75 Å². The number of alkyl halides is 6. The van der Waals surface area contributed by atoms with Gasteiger partial charge in [-0.15, -0.1) is 0 Å². The molecule has 0 aliphatic rings. The Balaban J connectivity index is 2.20. The third-order valence-electron chi connectivity index (χ3n) is 3.95. The molecule has 168 valence electrons. The van der Waals surface area contributed by atoms with Crippen LogP contribution in [0.1, 0.15) is 18.1 Å². The summed E-state index contributed by atoms with van der Waals surface area (Å²) in [6, 6.07) is 5.64. The number of nitro benzene ring substituents is 1. The minimum absolute atomic E-state index is 0.298. The van der Waals surface area contributed by atoms with Crippen molar-refractivity contribution in [2.45, 2.75) is 24.9 Å². The lowest BCUT2D eigenvalue weighted by Crippen LogP contribution is -2.45. The maximum atomic E-state index is 13.0. The van der Waals surface area contributed by atoms with Crippen molar-refractivity contribution in [1.29, 1.82) is 0 Å². The van der Waals surface area contributed by atoms with Crippen LogP contribution in [-0.2, 0) is 17.1 Å². The van der Waals surface area contributed by atoms with Gasteiger partial charge in [-0.05, 0) is 31.2 Å². The molecule has 0 aliphatic heterocycles. The molecular formula is C18H14F6N2O5. The Morgan fingerprint density at radius 2 is 1.65 bits per heavy atom. The third kappa shape index (κ3) is 5.84. The SMILES string of the molecule is CC(O)(COc1ccccc1C(F)(F)F)C(=O)Nc1ccc([N+](=O)[O-])c(C(F)(F)F)c1. The zero-order valence-electron chi connectivity index (χ0n) is 15.5. The summed E-state index contributed by atoms with van der Waals surface area (Å²) in [5.41, 5.74) is -7.02. The second-order valence-corrected chi connectivity index (χ2v) is 6.50. The summed E-state index contributed by atoms with van der Waals surface area (Å²) in [6.45, 7) is -0.0976. The van der Waals surface area contributed by atoms with Gasteiger partial charge in [0.2, 0.25) is 0 Å². The fourth-order valence-electron chi connectivity index (χ4n) is 2.38. The van der Waals surface area contributed by atoms with Crippen molar-refractivity contribution in [2.75, 3.05) is 11.9 Å². The highest BCUT2D eigenvalue weighted by Gasteiger charge is 2.39. The molecule has 2 aromatic carbocycles. The van der Waals surface area contributed by atoms with Gasteiger partial charge in [-0.1, -0.05) is 12.1 Å². The number of hydrogen-bond donors (Lipinski definition) is 2. The Hall–Kier alpha value is -3.35. The molecule has 0 fully saturated rings. The number of halogens is 6. The van der Waals surface area contributed by atoms with E-state index in [0.717, 1.165) is 31.2 Å². The first-order valence-corrected chi connectivity index (χ1v) is 8.31. The fourth-order valence-corrected chi connectivity index (χ4v) is 2.38. The van der Waals surface area contributed by atoms with E-state index in [2.05, 4.69) is 0 Å². The van der Waals surface area contributed by atoms with Crippen LogP contribution in [0.15, 0.2) is 42.5 Å².